The van der Waals surface area contributed by atoms with E-state index in [2.05, 4.69) is 5.10 Å². The third kappa shape index (κ3) is 4.82. The van der Waals surface area contributed by atoms with Gasteiger partial charge >= 0.3 is 5.97 Å². The van der Waals surface area contributed by atoms with E-state index in [0.717, 1.165) is 6.42 Å². The summed E-state index contributed by atoms with van der Waals surface area (Å²) in [5.74, 6) is -0.663. The molecule has 0 radical (unpaired) electrons. The summed E-state index contributed by atoms with van der Waals surface area (Å²) in [6, 6.07) is 0. The summed E-state index contributed by atoms with van der Waals surface area (Å²) < 4.78 is 27.8. The maximum Gasteiger partial charge on any atom is 0.305 e. The average Bonchev–Trinajstić information content (AvgIpc) is 2.91. The average molecular weight is 317 g/mol. The zero-order valence-electron chi connectivity index (χ0n) is 12.7. The van der Waals surface area contributed by atoms with Gasteiger partial charge in [-0.3, -0.25) is 9.48 Å². The molecule has 21 heavy (non-hydrogen) atoms. The van der Waals surface area contributed by atoms with E-state index in [0.29, 0.717) is 13.1 Å². The number of carboxylic acids is 1. The van der Waals surface area contributed by atoms with E-state index in [1.807, 2.05) is 13.8 Å². The second-order valence-electron chi connectivity index (χ2n) is 5.05. The third-order valence-electron chi connectivity index (χ3n) is 3.37. The fraction of sp³-hybridized carbons (Fsp3) is 0.692. The van der Waals surface area contributed by atoms with Crippen molar-refractivity contribution in [2.75, 3.05) is 13.1 Å². The minimum absolute atomic E-state index is 0.0917. The van der Waals surface area contributed by atoms with Crippen LogP contribution >= 0.6 is 0 Å². The van der Waals surface area contributed by atoms with Gasteiger partial charge in [0.15, 0.2) is 0 Å². The minimum Gasteiger partial charge on any atom is -0.481 e. The van der Waals surface area contributed by atoms with Crippen molar-refractivity contribution in [1.29, 1.82) is 0 Å². The van der Waals surface area contributed by atoms with E-state index in [4.69, 9.17) is 5.11 Å². The van der Waals surface area contributed by atoms with Crippen LogP contribution in [0.5, 0.6) is 0 Å². The highest BCUT2D eigenvalue weighted by Gasteiger charge is 2.25. The minimum atomic E-state index is -3.57. The molecule has 1 unspecified atom stereocenters. The number of rotatable bonds is 9. The molecule has 1 rings (SSSR count). The molecule has 0 aliphatic heterocycles. The topological polar surface area (TPSA) is 92.5 Å². The van der Waals surface area contributed by atoms with Crippen LogP contribution in [-0.4, -0.2) is 46.7 Å². The molecule has 1 aromatic rings. The molecule has 1 atom stereocenters. The van der Waals surface area contributed by atoms with Crippen molar-refractivity contribution in [2.24, 2.45) is 5.92 Å². The van der Waals surface area contributed by atoms with Gasteiger partial charge in [0.25, 0.3) is 0 Å². The molecule has 0 aliphatic rings. The maximum absolute atomic E-state index is 12.5. The first-order valence-corrected chi connectivity index (χ1v) is 8.49. The first-order valence-electron chi connectivity index (χ1n) is 7.05. The normalized spacial score (nSPS) is 13.5. The summed E-state index contributed by atoms with van der Waals surface area (Å²) in [7, 11) is -3.57. The van der Waals surface area contributed by atoms with Crippen molar-refractivity contribution in [2.45, 2.75) is 45.1 Å². The number of hydrogen-bond donors (Lipinski definition) is 1. The lowest BCUT2D eigenvalue weighted by atomic mass is 10.1. The van der Waals surface area contributed by atoms with Gasteiger partial charge in [0.1, 0.15) is 4.90 Å². The quantitative estimate of drug-likeness (QED) is 0.743. The van der Waals surface area contributed by atoms with Crippen LogP contribution in [0.1, 0.15) is 33.6 Å². The number of aryl methyl sites for hydroxylation is 1. The van der Waals surface area contributed by atoms with Crippen LogP contribution in [-0.2, 0) is 21.4 Å². The van der Waals surface area contributed by atoms with E-state index >= 15 is 0 Å². The summed E-state index contributed by atoms with van der Waals surface area (Å²) >= 11 is 0. The highest BCUT2D eigenvalue weighted by atomic mass is 32.2. The van der Waals surface area contributed by atoms with Crippen molar-refractivity contribution in [3.8, 4) is 0 Å². The van der Waals surface area contributed by atoms with Crippen molar-refractivity contribution >= 4 is 16.0 Å². The molecule has 8 heteroatoms. The zero-order valence-corrected chi connectivity index (χ0v) is 13.5. The summed E-state index contributed by atoms with van der Waals surface area (Å²) in [6.07, 6.45) is 3.48. The molecule has 1 aromatic heterocycles. The third-order valence-corrected chi connectivity index (χ3v) is 5.26. The van der Waals surface area contributed by atoms with Gasteiger partial charge in [-0.2, -0.15) is 9.40 Å². The number of carboxylic acid groups (broad SMARTS) is 1. The molecule has 1 N–H and O–H groups in total. The van der Waals surface area contributed by atoms with Gasteiger partial charge in [-0.1, -0.05) is 27.2 Å². The second kappa shape index (κ2) is 7.56. The fourth-order valence-corrected chi connectivity index (χ4v) is 3.36. The van der Waals surface area contributed by atoms with Crippen LogP contribution in [0.15, 0.2) is 17.3 Å². The molecule has 0 aromatic carbocycles. The SMILES string of the molecule is CCC(C)CN(CC)S(=O)(=O)c1cnn(CCC(=O)O)c1. The van der Waals surface area contributed by atoms with Gasteiger partial charge in [-0.15, -0.1) is 0 Å². The summed E-state index contributed by atoms with van der Waals surface area (Å²) in [6.45, 7) is 6.85. The summed E-state index contributed by atoms with van der Waals surface area (Å²) in [5, 5.41) is 12.5. The molecule has 0 saturated carbocycles. The molecule has 7 nitrogen and oxygen atoms in total. The Balaban J connectivity index is 2.88. The maximum atomic E-state index is 12.5. The molecule has 0 fully saturated rings. The highest BCUT2D eigenvalue weighted by Crippen LogP contribution is 2.17. The Hall–Kier alpha value is -1.41. The Morgan fingerprint density at radius 1 is 1.48 bits per heavy atom. The number of hydrogen-bond acceptors (Lipinski definition) is 4. The molecule has 0 bridgehead atoms. The van der Waals surface area contributed by atoms with Crippen molar-refractivity contribution < 1.29 is 18.3 Å². The molecule has 0 amide bonds. The van der Waals surface area contributed by atoms with Crippen LogP contribution in [0.3, 0.4) is 0 Å². The number of sulfonamides is 1. The zero-order chi connectivity index (χ0) is 16.0. The Bertz CT molecular complexity index is 568. The largest absolute Gasteiger partial charge is 0.481 e. The Morgan fingerprint density at radius 3 is 2.67 bits per heavy atom. The monoisotopic (exact) mass is 317 g/mol. The van der Waals surface area contributed by atoms with Gasteiger partial charge in [0.2, 0.25) is 10.0 Å². The van der Waals surface area contributed by atoms with Crippen LogP contribution < -0.4 is 0 Å². The van der Waals surface area contributed by atoms with Crippen LogP contribution in [0, 0.1) is 5.92 Å². The van der Waals surface area contributed by atoms with Gasteiger partial charge in [-0.05, 0) is 5.92 Å². The van der Waals surface area contributed by atoms with Gasteiger partial charge in [-0.25, -0.2) is 8.42 Å². The van der Waals surface area contributed by atoms with Crippen molar-refractivity contribution in [3.63, 3.8) is 0 Å². The van der Waals surface area contributed by atoms with Gasteiger partial charge in [0, 0.05) is 19.3 Å². The Morgan fingerprint density at radius 2 is 2.14 bits per heavy atom. The van der Waals surface area contributed by atoms with E-state index in [9.17, 15) is 13.2 Å². The van der Waals surface area contributed by atoms with Gasteiger partial charge in [0.05, 0.1) is 19.2 Å². The molecular formula is C13H23N3O4S. The van der Waals surface area contributed by atoms with Crippen LogP contribution in [0.2, 0.25) is 0 Å². The molecule has 0 saturated heterocycles. The number of aromatic nitrogens is 2. The van der Waals surface area contributed by atoms with Crippen LogP contribution in [0.4, 0.5) is 0 Å². The van der Waals surface area contributed by atoms with E-state index < -0.39 is 16.0 Å². The fourth-order valence-electron chi connectivity index (χ4n) is 1.83. The predicted octanol–water partition coefficient (Wildman–Crippen LogP) is 1.41. The Labute approximate surface area is 125 Å². The lowest BCUT2D eigenvalue weighted by Crippen LogP contribution is -2.34. The predicted molar refractivity (Wildman–Crippen MR) is 78.4 cm³/mol. The Kier molecular flexibility index (Phi) is 6.35. The highest BCUT2D eigenvalue weighted by molar-refractivity contribution is 7.89. The summed E-state index contributed by atoms with van der Waals surface area (Å²) in [4.78, 5) is 10.6. The molecular weight excluding hydrogens is 294 g/mol. The van der Waals surface area contributed by atoms with E-state index in [1.54, 1.807) is 6.92 Å². The second-order valence-corrected chi connectivity index (χ2v) is 6.99. The van der Waals surface area contributed by atoms with Gasteiger partial charge < -0.3 is 5.11 Å². The van der Waals surface area contributed by atoms with E-state index in [-0.39, 0.29) is 23.8 Å². The molecule has 120 valence electrons. The van der Waals surface area contributed by atoms with Crippen molar-refractivity contribution in [1.82, 2.24) is 14.1 Å². The van der Waals surface area contributed by atoms with Crippen molar-refractivity contribution in [3.05, 3.63) is 12.4 Å². The van der Waals surface area contributed by atoms with E-state index in [1.165, 1.54) is 21.4 Å². The standard InChI is InChI=1S/C13H23N3O4S/c1-4-11(3)9-16(5-2)21(19,20)12-8-14-15(10-12)7-6-13(17)18/h8,10-11H,4-7,9H2,1-3H3,(H,17,18). The first kappa shape index (κ1) is 17.6. The molecule has 0 spiro atoms. The number of carbonyl (C=O) groups is 1. The smallest absolute Gasteiger partial charge is 0.305 e. The lowest BCUT2D eigenvalue weighted by Gasteiger charge is -2.22. The molecule has 0 aliphatic carbocycles. The molecule has 1 heterocycles. The van der Waals surface area contributed by atoms with Crippen LogP contribution in [0.25, 0.3) is 0 Å². The number of aliphatic carboxylic acids is 1. The number of nitrogens with zero attached hydrogens (tertiary/aromatic N) is 3. The first-order chi connectivity index (χ1) is 9.81. The summed E-state index contributed by atoms with van der Waals surface area (Å²) in [5.41, 5.74) is 0. The lowest BCUT2D eigenvalue weighted by molar-refractivity contribution is -0.137.